The molecule has 2 heterocycles. The molecule has 31 heavy (non-hydrogen) atoms. The number of nitrogens with zero attached hydrogens (tertiary/aromatic N) is 3. The fourth-order valence-electron chi connectivity index (χ4n) is 2.92. The lowest BCUT2D eigenvalue weighted by molar-refractivity contribution is -0.121. The normalized spacial score (nSPS) is 12.6. The van der Waals surface area contributed by atoms with E-state index >= 15 is 0 Å². The van der Waals surface area contributed by atoms with Gasteiger partial charge in [0.25, 0.3) is 0 Å². The zero-order valence-electron chi connectivity index (χ0n) is 16.3. The molecule has 1 aliphatic rings. The molecule has 0 aliphatic carbocycles. The van der Waals surface area contributed by atoms with Crippen LogP contribution in [0.5, 0.6) is 5.75 Å². The number of hydrogen-bond acceptors (Lipinski definition) is 5. The Kier molecular flexibility index (Phi) is 6.09. The van der Waals surface area contributed by atoms with Gasteiger partial charge in [-0.1, -0.05) is 17.7 Å². The van der Waals surface area contributed by atoms with Gasteiger partial charge in [-0.2, -0.15) is 5.10 Å². The number of halogens is 1. The number of aromatic nitrogens is 3. The maximum absolute atomic E-state index is 12.1. The molecule has 2 amide bonds. The van der Waals surface area contributed by atoms with Gasteiger partial charge in [-0.3, -0.25) is 9.59 Å². The maximum atomic E-state index is 12.1. The van der Waals surface area contributed by atoms with E-state index in [4.69, 9.17) is 16.3 Å². The fourth-order valence-corrected chi connectivity index (χ4v) is 3.10. The summed E-state index contributed by atoms with van der Waals surface area (Å²) in [4.78, 5) is 28.0. The number of carbonyl (C=O) groups is 2. The zero-order chi connectivity index (χ0) is 21.6. The first-order valence-electron chi connectivity index (χ1n) is 9.40. The summed E-state index contributed by atoms with van der Waals surface area (Å²) in [5.41, 5.74) is 3.11. The summed E-state index contributed by atoms with van der Waals surface area (Å²) in [7, 11) is 0. The van der Waals surface area contributed by atoms with E-state index in [2.05, 4.69) is 20.7 Å². The number of amides is 2. The number of benzene rings is 2. The molecule has 156 valence electrons. The predicted octanol–water partition coefficient (Wildman–Crippen LogP) is 3.01. The minimum atomic E-state index is -0.380. The number of fused-ring (bicyclic) bond motifs is 1. The Bertz CT molecular complexity index is 1150. The molecule has 8 nitrogen and oxygen atoms in total. The minimum absolute atomic E-state index is 0.151. The van der Waals surface area contributed by atoms with Crippen molar-refractivity contribution in [2.45, 2.75) is 0 Å². The molecule has 3 aromatic rings. The average molecular weight is 436 g/mol. The Labute approximate surface area is 183 Å². The van der Waals surface area contributed by atoms with Crippen LogP contribution in [-0.4, -0.2) is 39.7 Å². The van der Waals surface area contributed by atoms with Crippen LogP contribution in [0.4, 0.5) is 5.69 Å². The van der Waals surface area contributed by atoms with Crippen LogP contribution < -0.4 is 15.4 Å². The molecule has 0 unspecified atom stereocenters. The fraction of sp³-hybridized carbons (Fsp3) is 0.0909. The molecule has 4 rings (SSSR count). The standard InChI is InChI=1S/C22H18ClN5O3/c23-17-2-7-20-16(10-17)9-15(12-31-20)1-8-21(29)25-11-22(30)27-18-3-5-19(6-4-18)28-14-24-13-26-28/h1-10,13-14H,11-12H2,(H,25,29)(H,27,30)/b8-1+. The van der Waals surface area contributed by atoms with E-state index in [1.807, 2.05) is 12.1 Å². The highest BCUT2D eigenvalue weighted by molar-refractivity contribution is 6.30. The summed E-state index contributed by atoms with van der Waals surface area (Å²) in [6.07, 6.45) is 7.95. The van der Waals surface area contributed by atoms with E-state index in [0.717, 1.165) is 22.6 Å². The van der Waals surface area contributed by atoms with Gasteiger partial charge in [0, 0.05) is 22.3 Å². The Morgan fingerprint density at radius 3 is 2.81 bits per heavy atom. The first-order chi connectivity index (χ1) is 15.1. The lowest BCUT2D eigenvalue weighted by Gasteiger charge is -2.16. The van der Waals surface area contributed by atoms with Crippen molar-refractivity contribution in [3.05, 3.63) is 83.4 Å². The minimum Gasteiger partial charge on any atom is -0.488 e. The second-order valence-electron chi connectivity index (χ2n) is 6.68. The molecular weight excluding hydrogens is 418 g/mol. The quantitative estimate of drug-likeness (QED) is 0.580. The van der Waals surface area contributed by atoms with Gasteiger partial charge in [0.15, 0.2) is 0 Å². The molecule has 0 spiro atoms. The maximum Gasteiger partial charge on any atom is 0.244 e. The van der Waals surface area contributed by atoms with Crippen molar-refractivity contribution in [2.24, 2.45) is 0 Å². The van der Waals surface area contributed by atoms with Gasteiger partial charge in [-0.15, -0.1) is 0 Å². The monoisotopic (exact) mass is 435 g/mol. The topological polar surface area (TPSA) is 98.1 Å². The van der Waals surface area contributed by atoms with E-state index in [1.54, 1.807) is 53.5 Å². The Hall–Kier alpha value is -3.91. The second-order valence-corrected chi connectivity index (χ2v) is 7.11. The first kappa shape index (κ1) is 20.4. The summed E-state index contributed by atoms with van der Waals surface area (Å²) < 4.78 is 7.25. The molecular formula is C22H18ClN5O3. The molecule has 0 bridgehead atoms. The van der Waals surface area contributed by atoms with Crippen molar-refractivity contribution in [2.75, 3.05) is 18.5 Å². The summed E-state index contributed by atoms with van der Waals surface area (Å²) in [6, 6.07) is 12.5. The molecule has 1 aliphatic heterocycles. The number of ether oxygens (including phenoxy) is 1. The van der Waals surface area contributed by atoms with Crippen molar-refractivity contribution >= 4 is 35.2 Å². The number of anilines is 1. The number of carbonyl (C=O) groups excluding carboxylic acids is 2. The molecule has 0 fully saturated rings. The van der Waals surface area contributed by atoms with Gasteiger partial charge in [-0.25, -0.2) is 9.67 Å². The third kappa shape index (κ3) is 5.37. The van der Waals surface area contributed by atoms with E-state index in [0.29, 0.717) is 17.3 Å². The molecule has 0 radical (unpaired) electrons. The summed E-state index contributed by atoms with van der Waals surface area (Å²) in [5.74, 6) is 0.0329. The molecule has 9 heteroatoms. The first-order valence-corrected chi connectivity index (χ1v) is 9.78. The van der Waals surface area contributed by atoms with Crippen molar-refractivity contribution in [3.8, 4) is 11.4 Å². The lowest BCUT2D eigenvalue weighted by Crippen LogP contribution is -2.31. The van der Waals surface area contributed by atoms with E-state index < -0.39 is 0 Å². The lowest BCUT2D eigenvalue weighted by atomic mass is 10.1. The summed E-state index contributed by atoms with van der Waals surface area (Å²) >= 11 is 6.00. The van der Waals surface area contributed by atoms with Crippen LogP contribution >= 0.6 is 11.6 Å². The molecule has 1 aromatic heterocycles. The van der Waals surface area contributed by atoms with Crippen LogP contribution in [0.15, 0.2) is 72.8 Å². The van der Waals surface area contributed by atoms with Crippen LogP contribution in [0.1, 0.15) is 5.56 Å². The third-order valence-corrected chi connectivity index (χ3v) is 4.65. The van der Waals surface area contributed by atoms with Crippen LogP contribution in [0.2, 0.25) is 5.02 Å². The van der Waals surface area contributed by atoms with Crippen LogP contribution in [0, 0.1) is 0 Å². The highest BCUT2D eigenvalue weighted by atomic mass is 35.5. The van der Waals surface area contributed by atoms with Crippen molar-refractivity contribution in [1.82, 2.24) is 20.1 Å². The smallest absolute Gasteiger partial charge is 0.244 e. The van der Waals surface area contributed by atoms with Crippen LogP contribution in [0.3, 0.4) is 0 Å². The van der Waals surface area contributed by atoms with E-state index in [9.17, 15) is 9.59 Å². The van der Waals surface area contributed by atoms with Crippen LogP contribution in [-0.2, 0) is 9.59 Å². The molecule has 0 atom stereocenters. The summed E-state index contributed by atoms with van der Waals surface area (Å²) in [5, 5.41) is 9.93. The van der Waals surface area contributed by atoms with Crippen LogP contribution in [0.25, 0.3) is 11.8 Å². The SMILES string of the molecule is O=C(/C=C/C1=Cc2cc(Cl)ccc2OC1)NCC(=O)Nc1ccc(-n2cncn2)cc1. The van der Waals surface area contributed by atoms with Gasteiger partial charge >= 0.3 is 0 Å². The van der Waals surface area contributed by atoms with Gasteiger partial charge in [-0.05, 0) is 54.1 Å². The van der Waals surface area contributed by atoms with Gasteiger partial charge < -0.3 is 15.4 Å². The Balaban J connectivity index is 1.26. The number of nitrogens with one attached hydrogen (secondary N) is 2. The van der Waals surface area contributed by atoms with Gasteiger partial charge in [0.05, 0.1) is 12.2 Å². The molecule has 2 aromatic carbocycles. The Morgan fingerprint density at radius 1 is 1.19 bits per heavy atom. The van der Waals surface area contributed by atoms with Gasteiger partial charge in [0.2, 0.25) is 11.8 Å². The van der Waals surface area contributed by atoms with E-state index in [-0.39, 0.29) is 18.4 Å². The average Bonchev–Trinajstić information content (AvgIpc) is 3.31. The Morgan fingerprint density at radius 2 is 2.03 bits per heavy atom. The predicted molar refractivity (Wildman–Crippen MR) is 117 cm³/mol. The second kappa shape index (κ2) is 9.27. The highest BCUT2D eigenvalue weighted by Gasteiger charge is 2.10. The largest absolute Gasteiger partial charge is 0.488 e. The number of hydrogen-bond donors (Lipinski definition) is 2. The zero-order valence-corrected chi connectivity index (χ0v) is 17.0. The van der Waals surface area contributed by atoms with E-state index in [1.165, 1.54) is 12.4 Å². The molecule has 2 N–H and O–H groups in total. The summed E-state index contributed by atoms with van der Waals surface area (Å²) in [6.45, 7) is 0.200. The molecule has 0 saturated carbocycles. The van der Waals surface area contributed by atoms with Crippen molar-refractivity contribution in [3.63, 3.8) is 0 Å². The highest BCUT2D eigenvalue weighted by Crippen LogP contribution is 2.29. The van der Waals surface area contributed by atoms with Crippen molar-refractivity contribution in [1.29, 1.82) is 0 Å². The molecule has 0 saturated heterocycles. The van der Waals surface area contributed by atoms with Crippen molar-refractivity contribution < 1.29 is 14.3 Å². The van der Waals surface area contributed by atoms with Gasteiger partial charge in [0.1, 0.15) is 25.0 Å². The third-order valence-electron chi connectivity index (χ3n) is 4.41. The number of rotatable bonds is 6.